The second-order valence-electron chi connectivity index (χ2n) is 3.10. The standard InChI is InChI=1S/C10H9Cl3O2/c11-6-4-8(12)7(9(13)5-6)2-1-3-10(14)15/h4-5H,1-3H2,(H,14,15). The van der Waals surface area contributed by atoms with Crippen molar-refractivity contribution in [3.63, 3.8) is 0 Å². The van der Waals surface area contributed by atoms with Gasteiger partial charge < -0.3 is 5.11 Å². The first-order chi connectivity index (χ1) is 7.00. The SMILES string of the molecule is O=C(O)CCCc1c(Cl)cc(Cl)cc1Cl. The quantitative estimate of drug-likeness (QED) is 0.893. The van der Waals surface area contributed by atoms with Crippen LogP contribution in [0, 0.1) is 0 Å². The largest absolute Gasteiger partial charge is 0.481 e. The lowest BCUT2D eigenvalue weighted by Crippen LogP contribution is -1.96. The normalized spacial score (nSPS) is 10.3. The van der Waals surface area contributed by atoms with E-state index in [0.29, 0.717) is 27.9 Å². The molecule has 0 saturated heterocycles. The van der Waals surface area contributed by atoms with Crippen LogP contribution >= 0.6 is 34.8 Å². The molecule has 0 aliphatic heterocycles. The zero-order valence-electron chi connectivity index (χ0n) is 7.77. The highest BCUT2D eigenvalue weighted by Crippen LogP contribution is 2.30. The van der Waals surface area contributed by atoms with Gasteiger partial charge in [-0.05, 0) is 30.5 Å². The van der Waals surface area contributed by atoms with Crippen LogP contribution in [0.15, 0.2) is 12.1 Å². The first-order valence-electron chi connectivity index (χ1n) is 4.36. The Morgan fingerprint density at radius 1 is 1.20 bits per heavy atom. The molecule has 0 spiro atoms. The highest BCUT2D eigenvalue weighted by atomic mass is 35.5. The van der Waals surface area contributed by atoms with E-state index in [1.165, 1.54) is 0 Å². The van der Waals surface area contributed by atoms with E-state index in [1.54, 1.807) is 12.1 Å². The van der Waals surface area contributed by atoms with E-state index >= 15 is 0 Å². The number of hydrogen-bond acceptors (Lipinski definition) is 1. The number of rotatable bonds is 4. The molecule has 0 radical (unpaired) electrons. The Balaban J connectivity index is 2.72. The maximum Gasteiger partial charge on any atom is 0.303 e. The highest BCUT2D eigenvalue weighted by Gasteiger charge is 2.08. The van der Waals surface area contributed by atoms with Crippen molar-refractivity contribution in [1.29, 1.82) is 0 Å². The zero-order valence-corrected chi connectivity index (χ0v) is 10.0. The van der Waals surface area contributed by atoms with E-state index in [4.69, 9.17) is 39.9 Å². The fourth-order valence-electron chi connectivity index (χ4n) is 1.23. The fraction of sp³-hybridized carbons (Fsp3) is 0.300. The lowest BCUT2D eigenvalue weighted by atomic mass is 10.1. The van der Waals surface area contributed by atoms with Crippen molar-refractivity contribution in [1.82, 2.24) is 0 Å². The van der Waals surface area contributed by atoms with Crippen molar-refractivity contribution in [2.75, 3.05) is 0 Å². The molecule has 0 atom stereocenters. The molecule has 0 fully saturated rings. The number of benzene rings is 1. The average Bonchev–Trinajstić information content (AvgIpc) is 2.08. The fourth-order valence-corrected chi connectivity index (χ4v) is 2.23. The molecule has 1 N–H and O–H groups in total. The molecule has 1 aromatic rings. The van der Waals surface area contributed by atoms with Gasteiger partial charge in [0.05, 0.1) is 0 Å². The summed E-state index contributed by atoms with van der Waals surface area (Å²) in [5, 5.41) is 9.93. The summed E-state index contributed by atoms with van der Waals surface area (Å²) in [4.78, 5) is 10.3. The van der Waals surface area contributed by atoms with Crippen molar-refractivity contribution in [3.05, 3.63) is 32.8 Å². The molecule has 0 bridgehead atoms. The molecule has 0 aliphatic carbocycles. The number of halogens is 3. The van der Waals surface area contributed by atoms with Crippen LogP contribution in [0.2, 0.25) is 15.1 Å². The van der Waals surface area contributed by atoms with Gasteiger partial charge in [0.2, 0.25) is 0 Å². The van der Waals surface area contributed by atoms with Gasteiger partial charge in [0.15, 0.2) is 0 Å². The molecule has 0 aliphatic rings. The van der Waals surface area contributed by atoms with Crippen molar-refractivity contribution >= 4 is 40.8 Å². The smallest absolute Gasteiger partial charge is 0.303 e. The summed E-state index contributed by atoms with van der Waals surface area (Å²) in [7, 11) is 0. The predicted molar refractivity (Wildman–Crippen MR) is 62.0 cm³/mol. The van der Waals surface area contributed by atoms with Crippen LogP contribution in [-0.2, 0) is 11.2 Å². The van der Waals surface area contributed by atoms with Crippen molar-refractivity contribution in [2.24, 2.45) is 0 Å². The van der Waals surface area contributed by atoms with Crippen LogP contribution in [0.1, 0.15) is 18.4 Å². The second kappa shape index (κ2) is 5.59. The van der Waals surface area contributed by atoms with Gasteiger partial charge in [-0.3, -0.25) is 4.79 Å². The lowest BCUT2D eigenvalue weighted by Gasteiger charge is -2.06. The molecular weight excluding hydrogens is 258 g/mol. The monoisotopic (exact) mass is 266 g/mol. The van der Waals surface area contributed by atoms with Crippen LogP contribution < -0.4 is 0 Å². The van der Waals surface area contributed by atoms with Crippen LogP contribution in [0.3, 0.4) is 0 Å². The number of hydrogen-bond donors (Lipinski definition) is 1. The summed E-state index contributed by atoms with van der Waals surface area (Å²) in [6, 6.07) is 3.20. The highest BCUT2D eigenvalue weighted by molar-refractivity contribution is 6.39. The van der Waals surface area contributed by atoms with E-state index in [2.05, 4.69) is 0 Å². The number of aliphatic carboxylic acids is 1. The Hall–Kier alpha value is -0.440. The number of carbonyl (C=O) groups is 1. The van der Waals surface area contributed by atoms with E-state index < -0.39 is 5.97 Å². The summed E-state index contributed by atoms with van der Waals surface area (Å²) in [5.74, 6) is -0.823. The van der Waals surface area contributed by atoms with Crippen LogP contribution in [0.25, 0.3) is 0 Å². The minimum Gasteiger partial charge on any atom is -0.481 e. The Kier molecular flexibility index (Phi) is 4.71. The van der Waals surface area contributed by atoms with E-state index in [9.17, 15) is 4.79 Å². The minimum atomic E-state index is -0.823. The summed E-state index contributed by atoms with van der Waals surface area (Å²) >= 11 is 17.6. The maximum atomic E-state index is 10.3. The van der Waals surface area contributed by atoms with Crippen LogP contribution in [-0.4, -0.2) is 11.1 Å². The molecule has 5 heteroatoms. The second-order valence-corrected chi connectivity index (χ2v) is 4.35. The Morgan fingerprint density at radius 2 is 1.73 bits per heavy atom. The van der Waals surface area contributed by atoms with E-state index in [-0.39, 0.29) is 6.42 Å². The summed E-state index contributed by atoms with van der Waals surface area (Å²) < 4.78 is 0. The van der Waals surface area contributed by atoms with E-state index in [0.717, 1.165) is 5.56 Å². The van der Waals surface area contributed by atoms with Crippen molar-refractivity contribution in [3.8, 4) is 0 Å². The Morgan fingerprint density at radius 3 is 2.20 bits per heavy atom. The van der Waals surface area contributed by atoms with Crippen LogP contribution in [0.4, 0.5) is 0 Å². The topological polar surface area (TPSA) is 37.3 Å². The first kappa shape index (κ1) is 12.6. The molecule has 1 rings (SSSR count). The van der Waals surface area contributed by atoms with Gasteiger partial charge in [-0.2, -0.15) is 0 Å². The molecule has 0 unspecified atom stereocenters. The van der Waals surface area contributed by atoms with Crippen molar-refractivity contribution < 1.29 is 9.90 Å². The molecule has 82 valence electrons. The van der Waals surface area contributed by atoms with Gasteiger partial charge >= 0.3 is 5.97 Å². The summed E-state index contributed by atoms with van der Waals surface area (Å²) in [6.45, 7) is 0. The third kappa shape index (κ3) is 3.90. The molecule has 1 aromatic carbocycles. The van der Waals surface area contributed by atoms with Gasteiger partial charge in [0.25, 0.3) is 0 Å². The van der Waals surface area contributed by atoms with Gasteiger partial charge in [0.1, 0.15) is 0 Å². The van der Waals surface area contributed by atoms with Gasteiger partial charge in [-0.1, -0.05) is 34.8 Å². The molecule has 0 aromatic heterocycles. The molecule has 0 heterocycles. The molecule has 2 nitrogen and oxygen atoms in total. The average molecular weight is 268 g/mol. The molecular formula is C10H9Cl3O2. The Bertz CT molecular complexity index is 354. The van der Waals surface area contributed by atoms with Crippen LogP contribution in [0.5, 0.6) is 0 Å². The Labute approximate surface area is 103 Å². The summed E-state index contributed by atoms with van der Waals surface area (Å²) in [5.41, 5.74) is 0.754. The molecule has 0 saturated carbocycles. The van der Waals surface area contributed by atoms with E-state index in [1.807, 2.05) is 0 Å². The predicted octanol–water partition coefficient (Wildman–Crippen LogP) is 4.05. The lowest BCUT2D eigenvalue weighted by molar-refractivity contribution is -0.137. The third-order valence-electron chi connectivity index (χ3n) is 1.92. The minimum absolute atomic E-state index is 0.106. The number of carboxylic acids is 1. The zero-order chi connectivity index (χ0) is 11.4. The van der Waals surface area contributed by atoms with Gasteiger partial charge in [0, 0.05) is 21.5 Å². The maximum absolute atomic E-state index is 10.3. The molecule has 0 amide bonds. The number of carboxylic acid groups (broad SMARTS) is 1. The van der Waals surface area contributed by atoms with Crippen molar-refractivity contribution in [2.45, 2.75) is 19.3 Å². The third-order valence-corrected chi connectivity index (χ3v) is 2.82. The van der Waals surface area contributed by atoms with Gasteiger partial charge in [-0.15, -0.1) is 0 Å². The molecule has 15 heavy (non-hydrogen) atoms. The summed E-state index contributed by atoms with van der Waals surface area (Å²) in [6.07, 6.45) is 1.16. The van der Waals surface area contributed by atoms with Gasteiger partial charge in [-0.25, -0.2) is 0 Å². The first-order valence-corrected chi connectivity index (χ1v) is 5.49.